The van der Waals surface area contributed by atoms with Crippen molar-refractivity contribution in [3.63, 3.8) is 0 Å². The Hall–Kier alpha value is -1.48. The zero-order valence-electron chi connectivity index (χ0n) is 7.60. The van der Waals surface area contributed by atoms with Crippen molar-refractivity contribution in [2.45, 2.75) is 12.2 Å². The SMILES string of the molecule is NC(c1noc(C(F)(F)F)n1)c1cncs1. The molecule has 16 heavy (non-hydrogen) atoms. The van der Waals surface area contributed by atoms with Gasteiger partial charge >= 0.3 is 12.1 Å². The molecule has 2 N–H and O–H groups in total. The minimum absolute atomic E-state index is 0.212. The van der Waals surface area contributed by atoms with Crippen LogP contribution in [0.2, 0.25) is 0 Å². The number of halogens is 3. The van der Waals surface area contributed by atoms with Gasteiger partial charge in [-0.2, -0.15) is 18.2 Å². The predicted molar refractivity (Wildman–Crippen MR) is 47.4 cm³/mol. The molecule has 5 nitrogen and oxygen atoms in total. The van der Waals surface area contributed by atoms with E-state index in [1.54, 1.807) is 0 Å². The maximum absolute atomic E-state index is 12.2. The van der Waals surface area contributed by atoms with E-state index in [0.29, 0.717) is 4.88 Å². The van der Waals surface area contributed by atoms with Crippen molar-refractivity contribution in [3.8, 4) is 0 Å². The third kappa shape index (κ3) is 2.04. The summed E-state index contributed by atoms with van der Waals surface area (Å²) in [6.45, 7) is 0. The molecule has 0 aliphatic heterocycles. The molecule has 0 spiro atoms. The highest BCUT2D eigenvalue weighted by Crippen LogP contribution is 2.29. The van der Waals surface area contributed by atoms with Gasteiger partial charge in [-0.05, 0) is 0 Å². The molecule has 2 heterocycles. The van der Waals surface area contributed by atoms with Crippen LogP contribution in [-0.4, -0.2) is 15.1 Å². The average Bonchev–Trinajstić information content (AvgIpc) is 2.87. The quantitative estimate of drug-likeness (QED) is 0.875. The summed E-state index contributed by atoms with van der Waals surface area (Å²) in [6, 6.07) is -0.854. The van der Waals surface area contributed by atoms with Gasteiger partial charge in [-0.3, -0.25) is 4.98 Å². The van der Waals surface area contributed by atoms with E-state index in [2.05, 4.69) is 19.6 Å². The summed E-state index contributed by atoms with van der Waals surface area (Å²) in [5.74, 6) is -1.61. The fraction of sp³-hybridized carbons (Fsp3) is 0.286. The van der Waals surface area contributed by atoms with Gasteiger partial charge in [0.15, 0.2) is 5.82 Å². The normalized spacial score (nSPS) is 14.0. The molecule has 2 aromatic heterocycles. The molecule has 9 heteroatoms. The van der Waals surface area contributed by atoms with E-state index < -0.39 is 18.1 Å². The Kier molecular flexibility index (Phi) is 2.64. The van der Waals surface area contributed by atoms with Crippen LogP contribution in [0.15, 0.2) is 16.2 Å². The standard InChI is InChI=1S/C7H5F3N4OS/c8-7(9,10)6-13-5(14-15-6)4(11)3-1-12-2-16-3/h1-2,4H,11H2. The first kappa shape index (κ1) is 11.0. The highest BCUT2D eigenvalue weighted by Gasteiger charge is 2.39. The lowest BCUT2D eigenvalue weighted by molar-refractivity contribution is -0.159. The highest BCUT2D eigenvalue weighted by atomic mass is 32.1. The van der Waals surface area contributed by atoms with Crippen LogP contribution in [0.4, 0.5) is 13.2 Å². The Labute approximate surface area is 91.1 Å². The van der Waals surface area contributed by atoms with Crippen LogP contribution >= 0.6 is 11.3 Å². The maximum atomic E-state index is 12.2. The van der Waals surface area contributed by atoms with Gasteiger partial charge in [0.05, 0.1) is 5.51 Å². The van der Waals surface area contributed by atoms with Gasteiger partial charge < -0.3 is 10.3 Å². The number of hydrogen-bond acceptors (Lipinski definition) is 6. The summed E-state index contributed by atoms with van der Waals surface area (Å²) in [6.07, 6.45) is -3.21. The number of nitrogens with two attached hydrogens (primary N) is 1. The molecule has 2 aromatic rings. The van der Waals surface area contributed by atoms with Gasteiger partial charge in [-0.1, -0.05) is 5.16 Å². The molecular formula is C7H5F3N4OS. The fourth-order valence-corrected chi connectivity index (χ4v) is 1.60. The van der Waals surface area contributed by atoms with Crippen LogP contribution in [0.25, 0.3) is 0 Å². The molecule has 86 valence electrons. The fourth-order valence-electron chi connectivity index (χ4n) is 0.983. The van der Waals surface area contributed by atoms with E-state index in [9.17, 15) is 13.2 Å². The number of aromatic nitrogens is 3. The second kappa shape index (κ2) is 3.83. The number of alkyl halides is 3. The number of rotatable bonds is 2. The van der Waals surface area contributed by atoms with Gasteiger partial charge in [0, 0.05) is 11.1 Å². The topological polar surface area (TPSA) is 77.8 Å². The largest absolute Gasteiger partial charge is 0.471 e. The van der Waals surface area contributed by atoms with Gasteiger partial charge in [-0.15, -0.1) is 11.3 Å². The number of thiazole rings is 1. The van der Waals surface area contributed by atoms with Crippen molar-refractivity contribution in [1.82, 2.24) is 15.1 Å². The Morgan fingerprint density at radius 2 is 2.19 bits per heavy atom. The van der Waals surface area contributed by atoms with Crippen molar-refractivity contribution in [1.29, 1.82) is 0 Å². The smallest absolute Gasteiger partial charge is 0.329 e. The molecule has 1 unspecified atom stereocenters. The first-order valence-corrected chi connectivity index (χ1v) is 4.91. The van der Waals surface area contributed by atoms with Gasteiger partial charge in [0.25, 0.3) is 0 Å². The van der Waals surface area contributed by atoms with Gasteiger partial charge in [-0.25, -0.2) is 0 Å². The van der Waals surface area contributed by atoms with Gasteiger partial charge in [0.1, 0.15) is 6.04 Å². The Bertz CT molecular complexity index is 466. The molecule has 0 aromatic carbocycles. The van der Waals surface area contributed by atoms with E-state index >= 15 is 0 Å². The van der Waals surface area contributed by atoms with E-state index in [4.69, 9.17) is 5.73 Å². The monoisotopic (exact) mass is 250 g/mol. The average molecular weight is 250 g/mol. The minimum Gasteiger partial charge on any atom is -0.329 e. The molecular weight excluding hydrogens is 245 g/mol. The summed E-state index contributed by atoms with van der Waals surface area (Å²) >= 11 is 1.20. The highest BCUT2D eigenvalue weighted by molar-refractivity contribution is 7.09. The molecule has 0 bridgehead atoms. The van der Waals surface area contributed by atoms with Crippen LogP contribution < -0.4 is 5.73 Å². The molecule has 0 amide bonds. The van der Waals surface area contributed by atoms with Crippen molar-refractivity contribution >= 4 is 11.3 Å². The van der Waals surface area contributed by atoms with E-state index in [1.165, 1.54) is 23.0 Å². The molecule has 0 radical (unpaired) electrons. The van der Waals surface area contributed by atoms with Crippen molar-refractivity contribution in [2.24, 2.45) is 5.73 Å². The third-order valence-corrected chi connectivity index (χ3v) is 2.58. The maximum Gasteiger partial charge on any atom is 0.471 e. The first-order valence-electron chi connectivity index (χ1n) is 4.03. The summed E-state index contributed by atoms with van der Waals surface area (Å²) in [4.78, 5) is 7.51. The predicted octanol–water partition coefficient (Wildman–Crippen LogP) is 1.59. The molecule has 0 aliphatic rings. The summed E-state index contributed by atoms with van der Waals surface area (Å²) in [5.41, 5.74) is 7.15. The van der Waals surface area contributed by atoms with E-state index in [1.807, 2.05) is 0 Å². The lowest BCUT2D eigenvalue weighted by atomic mass is 10.3. The van der Waals surface area contributed by atoms with Crippen molar-refractivity contribution in [3.05, 3.63) is 28.3 Å². The molecule has 1 atom stereocenters. The van der Waals surface area contributed by atoms with Crippen LogP contribution in [0.1, 0.15) is 22.6 Å². The number of nitrogens with zero attached hydrogens (tertiary/aromatic N) is 3. The Balaban J connectivity index is 2.26. The zero-order valence-corrected chi connectivity index (χ0v) is 8.42. The van der Waals surface area contributed by atoms with Crippen LogP contribution in [0.3, 0.4) is 0 Å². The van der Waals surface area contributed by atoms with Crippen LogP contribution in [-0.2, 0) is 6.18 Å². The van der Waals surface area contributed by atoms with Crippen molar-refractivity contribution < 1.29 is 17.7 Å². The molecule has 0 saturated heterocycles. The zero-order chi connectivity index (χ0) is 11.8. The number of hydrogen-bond donors (Lipinski definition) is 1. The molecule has 0 saturated carbocycles. The summed E-state index contributed by atoms with van der Waals surface area (Å²) in [7, 11) is 0. The lowest BCUT2D eigenvalue weighted by Gasteiger charge is -2.01. The van der Waals surface area contributed by atoms with Crippen molar-refractivity contribution in [2.75, 3.05) is 0 Å². The van der Waals surface area contributed by atoms with Crippen LogP contribution in [0.5, 0.6) is 0 Å². The Morgan fingerprint density at radius 1 is 1.44 bits per heavy atom. The molecule has 0 aliphatic carbocycles. The molecule has 2 rings (SSSR count). The van der Waals surface area contributed by atoms with E-state index in [0.717, 1.165) is 0 Å². The molecule has 0 fully saturated rings. The van der Waals surface area contributed by atoms with Gasteiger partial charge in [0.2, 0.25) is 0 Å². The summed E-state index contributed by atoms with van der Waals surface area (Å²) < 4.78 is 40.5. The Morgan fingerprint density at radius 3 is 2.69 bits per heavy atom. The lowest BCUT2D eigenvalue weighted by Crippen LogP contribution is -2.13. The second-order valence-corrected chi connectivity index (χ2v) is 3.75. The minimum atomic E-state index is -4.65. The van der Waals surface area contributed by atoms with Crippen LogP contribution in [0, 0.1) is 0 Å². The first-order chi connectivity index (χ1) is 7.48. The van der Waals surface area contributed by atoms with E-state index in [-0.39, 0.29) is 5.82 Å². The third-order valence-electron chi connectivity index (χ3n) is 1.72. The second-order valence-electron chi connectivity index (χ2n) is 2.84. The summed E-state index contributed by atoms with van der Waals surface area (Å²) in [5, 5.41) is 3.19.